The molecule has 1 aromatic heterocycles. The molecule has 0 saturated heterocycles. The fourth-order valence-corrected chi connectivity index (χ4v) is 2.21. The molecule has 0 spiro atoms. The molecule has 1 amide bonds. The summed E-state index contributed by atoms with van der Waals surface area (Å²) in [4.78, 5) is 20.4. The number of nitrogens with one attached hydrogen (secondary N) is 1. The van der Waals surface area contributed by atoms with E-state index in [0.717, 1.165) is 35.1 Å². The molecule has 0 aliphatic heterocycles. The van der Waals surface area contributed by atoms with Crippen molar-refractivity contribution >= 4 is 17.7 Å². The molecule has 0 fully saturated rings. The van der Waals surface area contributed by atoms with E-state index in [1.165, 1.54) is 11.8 Å². The molecule has 1 rings (SSSR count). The Morgan fingerprint density at radius 3 is 2.39 bits per heavy atom. The zero-order chi connectivity index (χ0) is 13.5. The number of carbonyl (C=O) groups is 1. The summed E-state index contributed by atoms with van der Waals surface area (Å²) in [5.74, 6) is 0.101. The van der Waals surface area contributed by atoms with E-state index >= 15 is 0 Å². The van der Waals surface area contributed by atoms with E-state index < -0.39 is 0 Å². The summed E-state index contributed by atoms with van der Waals surface area (Å²) in [5.41, 5.74) is 3.06. The first kappa shape index (κ1) is 15.0. The number of nitrogens with zero attached hydrogens (tertiary/aromatic N) is 2. The minimum Gasteiger partial charge on any atom is -0.356 e. The zero-order valence-corrected chi connectivity index (χ0v) is 12.4. The van der Waals surface area contributed by atoms with Crippen LogP contribution in [0.2, 0.25) is 0 Å². The van der Waals surface area contributed by atoms with Gasteiger partial charge in [0.15, 0.2) is 5.16 Å². The van der Waals surface area contributed by atoms with Crippen LogP contribution in [0.3, 0.4) is 0 Å². The zero-order valence-electron chi connectivity index (χ0n) is 11.5. The summed E-state index contributed by atoms with van der Waals surface area (Å²) in [5, 5.41) is 3.68. The summed E-state index contributed by atoms with van der Waals surface area (Å²) in [6.45, 7) is 6.75. The van der Waals surface area contributed by atoms with Gasteiger partial charge in [0.25, 0.3) is 0 Å². The Morgan fingerprint density at radius 1 is 1.28 bits per heavy atom. The van der Waals surface area contributed by atoms with Crippen LogP contribution in [-0.2, 0) is 11.2 Å². The van der Waals surface area contributed by atoms with E-state index in [0.29, 0.717) is 12.8 Å². The highest BCUT2D eigenvalue weighted by Gasteiger charge is 2.10. The van der Waals surface area contributed by atoms with E-state index in [1.54, 1.807) is 0 Å². The van der Waals surface area contributed by atoms with Gasteiger partial charge in [0, 0.05) is 24.4 Å². The Kier molecular flexibility index (Phi) is 6.12. The van der Waals surface area contributed by atoms with Gasteiger partial charge in [-0.2, -0.15) is 0 Å². The van der Waals surface area contributed by atoms with E-state index in [-0.39, 0.29) is 5.91 Å². The van der Waals surface area contributed by atoms with Gasteiger partial charge in [-0.1, -0.05) is 18.7 Å². The van der Waals surface area contributed by atoms with Crippen molar-refractivity contribution in [1.29, 1.82) is 0 Å². The number of aromatic nitrogens is 2. The second-order valence-electron chi connectivity index (χ2n) is 4.21. The van der Waals surface area contributed by atoms with Gasteiger partial charge in [0.05, 0.1) is 0 Å². The molecule has 0 aliphatic carbocycles. The Balaban J connectivity index is 2.65. The standard InChI is InChI=1S/C13H21N3OS/c1-5-8-14-12(17)7-6-11-9(2)15-13(18-4)16-10(11)3/h5-8H2,1-4H3,(H,14,17). The maximum Gasteiger partial charge on any atom is 0.220 e. The van der Waals surface area contributed by atoms with Crippen molar-refractivity contribution in [2.45, 2.75) is 45.2 Å². The van der Waals surface area contributed by atoms with Crippen molar-refractivity contribution in [3.05, 3.63) is 17.0 Å². The van der Waals surface area contributed by atoms with Gasteiger partial charge >= 0.3 is 0 Å². The van der Waals surface area contributed by atoms with Crippen molar-refractivity contribution in [3.8, 4) is 0 Å². The fraction of sp³-hybridized carbons (Fsp3) is 0.615. The number of amides is 1. The molecule has 1 aromatic rings. The third-order valence-electron chi connectivity index (χ3n) is 2.76. The van der Waals surface area contributed by atoms with Crippen molar-refractivity contribution in [3.63, 3.8) is 0 Å². The first-order valence-electron chi connectivity index (χ1n) is 6.23. The molecule has 0 saturated carbocycles. The molecule has 0 atom stereocenters. The molecule has 0 bridgehead atoms. The Morgan fingerprint density at radius 2 is 1.89 bits per heavy atom. The predicted molar refractivity (Wildman–Crippen MR) is 74.9 cm³/mol. The molecule has 1 N–H and O–H groups in total. The van der Waals surface area contributed by atoms with Crippen molar-refractivity contribution in [2.75, 3.05) is 12.8 Å². The number of rotatable bonds is 6. The number of carbonyl (C=O) groups excluding carboxylic acids is 1. The minimum absolute atomic E-state index is 0.101. The smallest absolute Gasteiger partial charge is 0.220 e. The number of hydrogen-bond acceptors (Lipinski definition) is 4. The quantitative estimate of drug-likeness (QED) is 0.634. The van der Waals surface area contributed by atoms with Crippen LogP contribution in [0, 0.1) is 13.8 Å². The van der Waals surface area contributed by atoms with Crippen LogP contribution in [0.5, 0.6) is 0 Å². The highest BCUT2D eigenvalue weighted by atomic mass is 32.2. The number of aryl methyl sites for hydroxylation is 2. The van der Waals surface area contributed by atoms with Crippen molar-refractivity contribution in [1.82, 2.24) is 15.3 Å². The fourth-order valence-electron chi connectivity index (χ4n) is 1.75. The van der Waals surface area contributed by atoms with Crippen LogP contribution in [0.15, 0.2) is 5.16 Å². The van der Waals surface area contributed by atoms with Crippen LogP contribution < -0.4 is 5.32 Å². The van der Waals surface area contributed by atoms with Gasteiger partial charge in [-0.25, -0.2) is 9.97 Å². The summed E-state index contributed by atoms with van der Waals surface area (Å²) in [6.07, 6.45) is 4.15. The molecule has 1 heterocycles. The van der Waals surface area contributed by atoms with Crippen LogP contribution in [0.25, 0.3) is 0 Å². The molecular formula is C13H21N3OS. The lowest BCUT2D eigenvalue weighted by Crippen LogP contribution is -2.24. The molecule has 0 aromatic carbocycles. The summed E-state index contributed by atoms with van der Waals surface area (Å²) in [7, 11) is 0. The summed E-state index contributed by atoms with van der Waals surface area (Å²) < 4.78 is 0. The van der Waals surface area contributed by atoms with Gasteiger partial charge in [0.2, 0.25) is 5.91 Å². The van der Waals surface area contributed by atoms with Crippen LogP contribution in [-0.4, -0.2) is 28.7 Å². The summed E-state index contributed by atoms with van der Waals surface area (Å²) >= 11 is 1.54. The van der Waals surface area contributed by atoms with Gasteiger partial charge < -0.3 is 5.32 Å². The SMILES string of the molecule is CCCNC(=O)CCc1c(C)nc(SC)nc1C. The normalized spacial score (nSPS) is 10.4. The van der Waals surface area contributed by atoms with E-state index in [1.807, 2.05) is 27.0 Å². The maximum atomic E-state index is 11.6. The largest absolute Gasteiger partial charge is 0.356 e. The third kappa shape index (κ3) is 4.29. The van der Waals surface area contributed by atoms with E-state index in [4.69, 9.17) is 0 Å². The lowest BCUT2D eigenvalue weighted by Gasteiger charge is -2.10. The number of thioether (sulfide) groups is 1. The molecule has 18 heavy (non-hydrogen) atoms. The monoisotopic (exact) mass is 267 g/mol. The summed E-state index contributed by atoms with van der Waals surface area (Å²) in [6, 6.07) is 0. The van der Waals surface area contributed by atoms with Crippen molar-refractivity contribution < 1.29 is 4.79 Å². The molecule has 0 unspecified atom stereocenters. The van der Waals surface area contributed by atoms with Gasteiger partial charge in [-0.05, 0) is 38.5 Å². The molecular weight excluding hydrogens is 246 g/mol. The number of hydrogen-bond donors (Lipinski definition) is 1. The van der Waals surface area contributed by atoms with Crippen molar-refractivity contribution in [2.24, 2.45) is 0 Å². The maximum absolute atomic E-state index is 11.6. The van der Waals surface area contributed by atoms with Gasteiger partial charge in [-0.15, -0.1) is 0 Å². The average Bonchev–Trinajstić information content (AvgIpc) is 2.34. The lowest BCUT2D eigenvalue weighted by atomic mass is 10.1. The highest BCUT2D eigenvalue weighted by Crippen LogP contribution is 2.16. The lowest BCUT2D eigenvalue weighted by molar-refractivity contribution is -0.121. The first-order valence-corrected chi connectivity index (χ1v) is 7.45. The van der Waals surface area contributed by atoms with E-state index in [9.17, 15) is 4.79 Å². The topological polar surface area (TPSA) is 54.9 Å². The van der Waals surface area contributed by atoms with Crippen LogP contribution in [0.1, 0.15) is 36.7 Å². The Hall–Kier alpha value is -1.10. The first-order chi connectivity index (χ1) is 8.58. The second kappa shape index (κ2) is 7.36. The highest BCUT2D eigenvalue weighted by molar-refractivity contribution is 7.98. The Bertz CT molecular complexity index is 398. The minimum atomic E-state index is 0.101. The molecule has 0 radical (unpaired) electrons. The Labute approximate surface area is 113 Å². The third-order valence-corrected chi connectivity index (χ3v) is 3.30. The molecule has 5 heteroatoms. The molecule has 0 aliphatic rings. The average molecular weight is 267 g/mol. The predicted octanol–water partition coefficient (Wildman–Crippen LogP) is 2.27. The molecule has 4 nitrogen and oxygen atoms in total. The van der Waals surface area contributed by atoms with Gasteiger partial charge in [0.1, 0.15) is 0 Å². The van der Waals surface area contributed by atoms with Crippen LogP contribution >= 0.6 is 11.8 Å². The second-order valence-corrected chi connectivity index (χ2v) is 4.98. The van der Waals surface area contributed by atoms with Crippen LogP contribution in [0.4, 0.5) is 0 Å². The molecule has 100 valence electrons. The van der Waals surface area contributed by atoms with E-state index in [2.05, 4.69) is 15.3 Å². The van der Waals surface area contributed by atoms with Gasteiger partial charge in [-0.3, -0.25) is 4.79 Å².